The van der Waals surface area contributed by atoms with Gasteiger partial charge in [0.1, 0.15) is 5.75 Å². The van der Waals surface area contributed by atoms with Crippen LogP contribution in [-0.2, 0) is 19.6 Å². The molecule has 13 heteroatoms. The Bertz CT molecular complexity index is 1490. The van der Waals surface area contributed by atoms with Gasteiger partial charge >= 0.3 is 5.97 Å². The molecule has 0 fully saturated rings. The van der Waals surface area contributed by atoms with E-state index in [-0.39, 0.29) is 39.1 Å². The quantitative estimate of drug-likeness (QED) is 0.157. The van der Waals surface area contributed by atoms with E-state index >= 15 is 0 Å². The fraction of sp³-hybridized carbons (Fsp3) is 0.120. The summed E-state index contributed by atoms with van der Waals surface area (Å²) in [6.45, 7) is 2.80. The maximum atomic E-state index is 13.5. The number of amides is 1. The van der Waals surface area contributed by atoms with Crippen molar-refractivity contribution >= 4 is 50.6 Å². The Hall–Kier alpha value is -4.42. The van der Waals surface area contributed by atoms with E-state index in [1.165, 1.54) is 43.5 Å². The summed E-state index contributed by atoms with van der Waals surface area (Å²) in [6, 6.07) is 15.1. The first kappa shape index (κ1) is 28.2. The zero-order chi connectivity index (χ0) is 27.9. The van der Waals surface area contributed by atoms with Crippen LogP contribution in [0.2, 0.25) is 5.02 Å². The van der Waals surface area contributed by atoms with E-state index in [2.05, 4.69) is 11.9 Å². The van der Waals surface area contributed by atoms with Crippen LogP contribution in [0.5, 0.6) is 5.75 Å². The van der Waals surface area contributed by atoms with E-state index in [0.717, 1.165) is 16.4 Å². The van der Waals surface area contributed by atoms with Crippen LogP contribution in [0.25, 0.3) is 0 Å². The van der Waals surface area contributed by atoms with Gasteiger partial charge in [0.2, 0.25) is 0 Å². The van der Waals surface area contributed by atoms with Crippen molar-refractivity contribution in [2.75, 3.05) is 29.9 Å². The van der Waals surface area contributed by atoms with Crippen molar-refractivity contribution in [2.45, 2.75) is 4.90 Å². The number of carbonyl (C=O) groups excluding carboxylic acids is 2. The second-order valence-electron chi connectivity index (χ2n) is 7.57. The molecule has 3 rings (SSSR count). The first-order valence-electron chi connectivity index (χ1n) is 10.9. The fourth-order valence-electron chi connectivity index (χ4n) is 3.31. The highest BCUT2D eigenvalue weighted by Gasteiger charge is 2.27. The lowest BCUT2D eigenvalue weighted by Crippen LogP contribution is -2.31. The molecule has 0 atom stereocenters. The number of sulfonamides is 1. The average Bonchev–Trinajstić information content (AvgIpc) is 2.91. The summed E-state index contributed by atoms with van der Waals surface area (Å²) in [5.74, 6) is -1.45. The maximum Gasteiger partial charge on any atom is 0.338 e. The Kier molecular flexibility index (Phi) is 9.05. The molecule has 0 spiro atoms. The van der Waals surface area contributed by atoms with Gasteiger partial charge in [-0.15, -0.1) is 6.58 Å². The van der Waals surface area contributed by atoms with E-state index in [1.54, 1.807) is 24.3 Å². The lowest BCUT2D eigenvalue weighted by Gasteiger charge is -2.25. The van der Waals surface area contributed by atoms with Crippen LogP contribution in [-0.4, -0.2) is 45.5 Å². The fourth-order valence-corrected chi connectivity index (χ4v) is 4.97. The molecule has 0 saturated carbocycles. The standard InChI is InChI=1S/C25H22ClN3O8S/c1-3-13-28(22-9-4-5-10-23(22)36-2)38(34,35)19-8-6-7-17(14-19)25(31)37-16-24(30)27-21-15-18(29(32)33)11-12-20(21)26/h3-12,14-15H,1,13,16H2,2H3,(H,27,30). The van der Waals surface area contributed by atoms with Crippen molar-refractivity contribution < 1.29 is 32.4 Å². The van der Waals surface area contributed by atoms with E-state index in [0.29, 0.717) is 5.75 Å². The largest absolute Gasteiger partial charge is 0.495 e. The van der Waals surface area contributed by atoms with E-state index in [9.17, 15) is 28.1 Å². The van der Waals surface area contributed by atoms with Gasteiger partial charge in [0.05, 0.1) is 45.4 Å². The molecule has 198 valence electrons. The summed E-state index contributed by atoms with van der Waals surface area (Å²) < 4.78 is 38.4. The molecule has 0 aliphatic carbocycles. The number of nitrogens with zero attached hydrogens (tertiary/aromatic N) is 2. The number of benzene rings is 3. The van der Waals surface area contributed by atoms with Crippen molar-refractivity contribution in [3.8, 4) is 5.75 Å². The normalized spacial score (nSPS) is 10.8. The smallest absolute Gasteiger partial charge is 0.338 e. The van der Waals surface area contributed by atoms with Crippen molar-refractivity contribution in [3.05, 3.63) is 100 Å². The Morgan fingerprint density at radius 1 is 1.13 bits per heavy atom. The molecule has 0 bridgehead atoms. The lowest BCUT2D eigenvalue weighted by atomic mass is 10.2. The summed E-state index contributed by atoms with van der Waals surface area (Å²) in [5, 5.41) is 13.3. The van der Waals surface area contributed by atoms with Crippen LogP contribution < -0.4 is 14.4 Å². The van der Waals surface area contributed by atoms with Crippen LogP contribution >= 0.6 is 11.6 Å². The Morgan fingerprint density at radius 3 is 2.55 bits per heavy atom. The minimum Gasteiger partial charge on any atom is -0.495 e. The highest BCUT2D eigenvalue weighted by Crippen LogP contribution is 2.32. The predicted octanol–water partition coefficient (Wildman–Crippen LogP) is 4.43. The first-order chi connectivity index (χ1) is 18.1. The number of para-hydroxylation sites is 2. The average molecular weight is 560 g/mol. The number of rotatable bonds is 11. The number of ether oxygens (including phenoxy) is 2. The zero-order valence-electron chi connectivity index (χ0n) is 20.0. The van der Waals surface area contributed by atoms with Gasteiger partial charge in [0.25, 0.3) is 21.6 Å². The third-order valence-electron chi connectivity index (χ3n) is 5.08. The van der Waals surface area contributed by atoms with Crippen LogP contribution in [0.1, 0.15) is 10.4 Å². The van der Waals surface area contributed by atoms with E-state index < -0.39 is 33.4 Å². The van der Waals surface area contributed by atoms with Gasteiger partial charge in [0.15, 0.2) is 6.61 Å². The van der Waals surface area contributed by atoms with Crippen LogP contribution in [0.3, 0.4) is 0 Å². The molecule has 0 unspecified atom stereocenters. The molecule has 0 heterocycles. The Morgan fingerprint density at radius 2 is 1.87 bits per heavy atom. The van der Waals surface area contributed by atoms with E-state index in [4.69, 9.17) is 21.1 Å². The number of methoxy groups -OCH3 is 1. The number of hydrogen-bond donors (Lipinski definition) is 1. The van der Waals surface area contributed by atoms with Crippen molar-refractivity contribution in [1.82, 2.24) is 0 Å². The van der Waals surface area contributed by atoms with Gasteiger partial charge < -0.3 is 14.8 Å². The highest BCUT2D eigenvalue weighted by atomic mass is 35.5. The number of anilines is 2. The lowest BCUT2D eigenvalue weighted by molar-refractivity contribution is -0.384. The highest BCUT2D eigenvalue weighted by molar-refractivity contribution is 7.92. The van der Waals surface area contributed by atoms with Gasteiger partial charge in [0, 0.05) is 12.1 Å². The number of nitro benzene ring substituents is 1. The van der Waals surface area contributed by atoms with Gasteiger partial charge in [-0.3, -0.25) is 19.2 Å². The molecular weight excluding hydrogens is 538 g/mol. The Labute approximate surface area is 223 Å². The summed E-state index contributed by atoms with van der Waals surface area (Å²) in [5.41, 5.74) is -0.169. The molecular formula is C25H22ClN3O8S. The monoisotopic (exact) mass is 559 g/mol. The molecule has 0 aliphatic rings. The predicted molar refractivity (Wildman–Crippen MR) is 141 cm³/mol. The molecule has 0 saturated heterocycles. The third kappa shape index (κ3) is 6.47. The number of halogens is 1. The van der Waals surface area contributed by atoms with Crippen LogP contribution in [0.4, 0.5) is 17.1 Å². The molecule has 0 aromatic heterocycles. The van der Waals surface area contributed by atoms with Crippen LogP contribution in [0, 0.1) is 10.1 Å². The minimum absolute atomic E-state index is 0.0337. The van der Waals surface area contributed by atoms with Crippen molar-refractivity contribution in [2.24, 2.45) is 0 Å². The van der Waals surface area contributed by atoms with Gasteiger partial charge in [-0.2, -0.15) is 0 Å². The molecule has 0 aliphatic heterocycles. The summed E-state index contributed by atoms with van der Waals surface area (Å²) in [4.78, 5) is 34.9. The topological polar surface area (TPSA) is 145 Å². The number of carbonyl (C=O) groups is 2. The number of esters is 1. The number of nitro groups is 1. The van der Waals surface area contributed by atoms with Crippen LogP contribution in [0.15, 0.2) is 84.3 Å². The number of non-ortho nitro benzene ring substituents is 1. The first-order valence-corrected chi connectivity index (χ1v) is 12.7. The summed E-state index contributed by atoms with van der Waals surface area (Å²) >= 11 is 5.95. The molecule has 3 aromatic rings. The van der Waals surface area contributed by atoms with Gasteiger partial charge in [-0.25, -0.2) is 13.2 Å². The molecule has 38 heavy (non-hydrogen) atoms. The third-order valence-corrected chi connectivity index (χ3v) is 7.18. The van der Waals surface area contributed by atoms with E-state index in [1.807, 2.05) is 0 Å². The summed E-state index contributed by atoms with van der Waals surface area (Å²) in [7, 11) is -2.75. The summed E-state index contributed by atoms with van der Waals surface area (Å²) in [6.07, 6.45) is 1.41. The molecule has 3 aromatic carbocycles. The molecule has 1 amide bonds. The molecule has 11 nitrogen and oxygen atoms in total. The number of hydrogen-bond acceptors (Lipinski definition) is 8. The second kappa shape index (κ2) is 12.2. The molecule has 1 N–H and O–H groups in total. The maximum absolute atomic E-state index is 13.5. The van der Waals surface area contributed by atoms with Gasteiger partial charge in [-0.1, -0.05) is 35.9 Å². The second-order valence-corrected chi connectivity index (χ2v) is 9.84. The SMILES string of the molecule is C=CCN(c1ccccc1OC)S(=O)(=O)c1cccc(C(=O)OCC(=O)Nc2cc([N+](=O)[O-])ccc2Cl)c1. The molecule has 0 radical (unpaired) electrons. The van der Waals surface area contributed by atoms with Gasteiger partial charge in [-0.05, 0) is 36.4 Å². The Balaban J connectivity index is 1.77. The number of nitrogens with one attached hydrogen (secondary N) is 1. The minimum atomic E-state index is -4.17. The zero-order valence-corrected chi connectivity index (χ0v) is 21.6. The van der Waals surface area contributed by atoms with Crippen molar-refractivity contribution in [1.29, 1.82) is 0 Å². The van der Waals surface area contributed by atoms with Crippen molar-refractivity contribution in [3.63, 3.8) is 0 Å².